The van der Waals surface area contributed by atoms with Crippen LogP contribution >= 0.6 is 0 Å². The number of nitriles is 1. The third kappa shape index (κ3) is 3.21. The van der Waals surface area contributed by atoms with E-state index in [1.165, 1.54) is 0 Å². The fourth-order valence-electron chi connectivity index (χ4n) is 2.02. The van der Waals surface area contributed by atoms with Crippen molar-refractivity contribution in [2.75, 3.05) is 13.2 Å². The van der Waals surface area contributed by atoms with Crippen LogP contribution in [0.1, 0.15) is 32.3 Å². The zero-order valence-corrected chi connectivity index (χ0v) is 11.7. The number of rotatable bonds is 5. The molecule has 0 amide bonds. The Balaban J connectivity index is 1.88. The Kier molecular flexibility index (Phi) is 4.14. The van der Waals surface area contributed by atoms with Crippen LogP contribution in [0.15, 0.2) is 23.4 Å². The highest BCUT2D eigenvalue weighted by molar-refractivity contribution is 6.05. The summed E-state index contributed by atoms with van der Waals surface area (Å²) in [7, 11) is 0. The molecule has 0 aliphatic carbocycles. The molecule has 5 heteroatoms. The van der Waals surface area contributed by atoms with Gasteiger partial charge in [0.15, 0.2) is 0 Å². The van der Waals surface area contributed by atoms with Crippen LogP contribution < -0.4 is 9.47 Å². The number of hydrogen-bond donors (Lipinski definition) is 1. The minimum atomic E-state index is -0.309. The number of nitrogens with zero attached hydrogens (tertiary/aromatic N) is 2. The maximum atomic E-state index is 8.93. The van der Waals surface area contributed by atoms with E-state index in [9.17, 15) is 0 Å². The van der Waals surface area contributed by atoms with Crippen LogP contribution in [-0.2, 0) is 0 Å². The molecule has 0 aromatic heterocycles. The van der Waals surface area contributed by atoms with Gasteiger partial charge < -0.3 is 14.7 Å². The highest BCUT2D eigenvalue weighted by atomic mass is 16.5. The summed E-state index contributed by atoms with van der Waals surface area (Å²) in [5, 5.41) is 20.9. The second-order valence-electron chi connectivity index (χ2n) is 5.44. The zero-order valence-electron chi connectivity index (χ0n) is 11.7. The summed E-state index contributed by atoms with van der Waals surface area (Å²) in [6.07, 6.45) is 1.62. The summed E-state index contributed by atoms with van der Waals surface area (Å²) in [6.45, 7) is 4.69. The molecule has 0 atom stereocenters. The minimum absolute atomic E-state index is 0.283. The maximum absolute atomic E-state index is 8.93. The van der Waals surface area contributed by atoms with E-state index in [1.807, 2.05) is 26.0 Å². The van der Waals surface area contributed by atoms with E-state index < -0.39 is 0 Å². The molecule has 1 aromatic carbocycles. The maximum Gasteiger partial charge on any atom is 0.134 e. The van der Waals surface area contributed by atoms with Crippen molar-refractivity contribution in [3.63, 3.8) is 0 Å². The number of benzene rings is 1. The van der Waals surface area contributed by atoms with Crippen LogP contribution in [0.5, 0.6) is 11.5 Å². The standard InChI is InChI=1S/C15H18N2O3/c1-15(2,10-16)6-3-7-19-11-4-5-12-13(17-18)9-20-14(12)8-11/h4-5,8,18H,3,6-7,9H2,1-2H3. The first-order valence-corrected chi connectivity index (χ1v) is 6.58. The molecule has 2 rings (SSSR count). The number of fused-ring (bicyclic) bond motifs is 1. The fourth-order valence-corrected chi connectivity index (χ4v) is 2.02. The van der Waals surface area contributed by atoms with Crippen LogP contribution in [-0.4, -0.2) is 24.1 Å². The summed E-state index contributed by atoms with van der Waals surface area (Å²) in [5.74, 6) is 1.39. The first-order valence-electron chi connectivity index (χ1n) is 6.58. The Hall–Kier alpha value is -2.22. The molecule has 0 fully saturated rings. The molecule has 1 aliphatic rings. The lowest BCUT2D eigenvalue weighted by Crippen LogP contribution is -2.10. The average molecular weight is 274 g/mol. The van der Waals surface area contributed by atoms with Gasteiger partial charge in [-0.2, -0.15) is 5.26 Å². The molecule has 1 heterocycles. The first-order chi connectivity index (χ1) is 9.55. The van der Waals surface area contributed by atoms with Crippen LogP contribution in [0.25, 0.3) is 0 Å². The van der Waals surface area contributed by atoms with Crippen molar-refractivity contribution >= 4 is 5.71 Å². The SMILES string of the molecule is CC(C)(C#N)CCCOc1ccc2c(c1)OCC2=NO. The lowest BCUT2D eigenvalue weighted by molar-refractivity contribution is 0.282. The van der Waals surface area contributed by atoms with E-state index in [0.717, 1.165) is 24.2 Å². The van der Waals surface area contributed by atoms with Crippen molar-refractivity contribution in [1.82, 2.24) is 0 Å². The molecule has 1 aliphatic heterocycles. The molecule has 106 valence electrons. The van der Waals surface area contributed by atoms with E-state index in [1.54, 1.807) is 6.07 Å². The Bertz CT molecular complexity index is 559. The predicted octanol–water partition coefficient (Wildman–Crippen LogP) is 2.97. The second kappa shape index (κ2) is 5.83. The van der Waals surface area contributed by atoms with Gasteiger partial charge in [0.25, 0.3) is 0 Å². The lowest BCUT2D eigenvalue weighted by atomic mass is 9.90. The molecule has 0 unspecified atom stereocenters. The van der Waals surface area contributed by atoms with Crippen molar-refractivity contribution in [3.8, 4) is 17.6 Å². The molecule has 1 aromatic rings. The quantitative estimate of drug-likeness (QED) is 0.509. The van der Waals surface area contributed by atoms with Gasteiger partial charge >= 0.3 is 0 Å². The summed E-state index contributed by atoms with van der Waals surface area (Å²) < 4.78 is 11.1. The second-order valence-corrected chi connectivity index (χ2v) is 5.44. The van der Waals surface area contributed by atoms with Gasteiger partial charge in [-0.3, -0.25) is 0 Å². The Morgan fingerprint density at radius 3 is 3.00 bits per heavy atom. The van der Waals surface area contributed by atoms with Gasteiger partial charge in [0.1, 0.15) is 23.8 Å². The highest BCUT2D eigenvalue weighted by Crippen LogP contribution is 2.30. The average Bonchev–Trinajstić information content (AvgIpc) is 2.86. The normalized spacial score (nSPS) is 15.6. The van der Waals surface area contributed by atoms with Gasteiger partial charge in [-0.15, -0.1) is 0 Å². The van der Waals surface area contributed by atoms with E-state index >= 15 is 0 Å². The van der Waals surface area contributed by atoms with E-state index in [4.69, 9.17) is 19.9 Å². The Labute approximate surface area is 118 Å². The molecule has 0 bridgehead atoms. The minimum Gasteiger partial charge on any atom is -0.493 e. The fraction of sp³-hybridized carbons (Fsp3) is 0.467. The summed E-state index contributed by atoms with van der Waals surface area (Å²) in [4.78, 5) is 0. The Morgan fingerprint density at radius 1 is 1.50 bits per heavy atom. The predicted molar refractivity (Wildman–Crippen MR) is 74.4 cm³/mol. The van der Waals surface area contributed by atoms with Crippen molar-refractivity contribution in [2.45, 2.75) is 26.7 Å². The van der Waals surface area contributed by atoms with Crippen molar-refractivity contribution < 1.29 is 14.7 Å². The first kappa shape index (κ1) is 14.2. The van der Waals surface area contributed by atoms with Gasteiger partial charge in [-0.1, -0.05) is 5.16 Å². The highest BCUT2D eigenvalue weighted by Gasteiger charge is 2.20. The summed E-state index contributed by atoms with van der Waals surface area (Å²) >= 11 is 0. The molecule has 0 saturated carbocycles. The zero-order chi connectivity index (χ0) is 14.6. The smallest absolute Gasteiger partial charge is 0.134 e. The molecule has 5 nitrogen and oxygen atoms in total. The molecule has 0 spiro atoms. The van der Waals surface area contributed by atoms with Crippen molar-refractivity contribution in [3.05, 3.63) is 23.8 Å². The third-order valence-corrected chi connectivity index (χ3v) is 3.27. The van der Waals surface area contributed by atoms with Crippen LogP contribution in [0.4, 0.5) is 0 Å². The van der Waals surface area contributed by atoms with E-state index in [0.29, 0.717) is 18.1 Å². The van der Waals surface area contributed by atoms with Gasteiger partial charge in [0.05, 0.1) is 18.1 Å². The van der Waals surface area contributed by atoms with Crippen LogP contribution in [0.2, 0.25) is 0 Å². The number of ether oxygens (including phenoxy) is 2. The molecule has 1 N–H and O–H groups in total. The van der Waals surface area contributed by atoms with Crippen LogP contribution in [0.3, 0.4) is 0 Å². The topological polar surface area (TPSA) is 74.8 Å². The Morgan fingerprint density at radius 2 is 2.30 bits per heavy atom. The molecule has 0 saturated heterocycles. The molecule has 0 radical (unpaired) electrons. The van der Waals surface area contributed by atoms with Crippen molar-refractivity contribution in [2.24, 2.45) is 10.6 Å². The molecular weight excluding hydrogens is 256 g/mol. The number of hydrogen-bond acceptors (Lipinski definition) is 5. The van der Waals surface area contributed by atoms with E-state index in [-0.39, 0.29) is 12.0 Å². The summed E-state index contributed by atoms with van der Waals surface area (Å²) in [6, 6.07) is 7.72. The summed E-state index contributed by atoms with van der Waals surface area (Å²) in [5.41, 5.74) is 1.02. The molecular formula is C15H18N2O3. The third-order valence-electron chi connectivity index (χ3n) is 3.27. The van der Waals surface area contributed by atoms with Crippen molar-refractivity contribution in [1.29, 1.82) is 5.26 Å². The van der Waals surface area contributed by atoms with Gasteiger partial charge in [-0.25, -0.2) is 0 Å². The van der Waals surface area contributed by atoms with E-state index in [2.05, 4.69) is 11.2 Å². The largest absolute Gasteiger partial charge is 0.493 e. The molecule has 20 heavy (non-hydrogen) atoms. The van der Waals surface area contributed by atoms with Gasteiger partial charge in [0, 0.05) is 11.6 Å². The lowest BCUT2D eigenvalue weighted by Gasteiger charge is -2.14. The number of oxime groups is 1. The monoisotopic (exact) mass is 274 g/mol. The van der Waals surface area contributed by atoms with Gasteiger partial charge in [0.2, 0.25) is 0 Å². The van der Waals surface area contributed by atoms with Gasteiger partial charge in [-0.05, 0) is 38.8 Å². The van der Waals surface area contributed by atoms with Crippen LogP contribution in [0, 0.1) is 16.7 Å².